The minimum absolute atomic E-state index is 0.902. The lowest BCUT2D eigenvalue weighted by atomic mass is 10.1. The van der Waals surface area contributed by atoms with Gasteiger partial charge in [0.25, 0.3) is 0 Å². The molecule has 0 radical (unpaired) electrons. The second kappa shape index (κ2) is 6.02. The Morgan fingerprint density at radius 1 is 1.33 bits per heavy atom. The Morgan fingerprint density at radius 2 is 2.00 bits per heavy atom. The zero-order valence-corrected chi connectivity index (χ0v) is 11.1. The van der Waals surface area contributed by atoms with Crippen LogP contribution in [0.1, 0.15) is 25.3 Å². The largest absolute Gasteiger partial charge is 0.337 e. The van der Waals surface area contributed by atoms with Gasteiger partial charge < -0.3 is 9.79 Å². The number of aryl methyl sites for hydroxylation is 1. The van der Waals surface area contributed by atoms with Gasteiger partial charge in [-0.3, -0.25) is 0 Å². The Hall–Kier alpha value is 0.140. The molecule has 84 valence electrons. The first-order valence-electron chi connectivity index (χ1n) is 4.86. The summed E-state index contributed by atoms with van der Waals surface area (Å²) < 4.78 is 0. The van der Waals surface area contributed by atoms with Crippen molar-refractivity contribution >= 4 is 28.9 Å². The molecule has 0 amide bonds. The molecule has 2 N–H and O–H groups in total. The fraction of sp³-hybridized carbons (Fsp3) is 0.400. The van der Waals surface area contributed by atoms with Gasteiger partial charge >= 0.3 is 0 Å². The van der Waals surface area contributed by atoms with Gasteiger partial charge in [0.2, 0.25) is 5.69 Å². The molecule has 0 bridgehead atoms. The van der Waals surface area contributed by atoms with Crippen molar-refractivity contribution in [1.82, 2.24) is 0 Å². The van der Waals surface area contributed by atoms with E-state index in [-0.39, 0.29) is 0 Å². The third-order valence-electron chi connectivity index (χ3n) is 1.99. The normalized spacial score (nSPS) is 11.7. The van der Waals surface area contributed by atoms with Gasteiger partial charge in [-0.2, -0.15) is 0 Å². The molecule has 0 aliphatic heterocycles. The van der Waals surface area contributed by atoms with E-state index in [2.05, 4.69) is 18.7 Å². The molecule has 0 spiro atoms. The molecule has 1 aromatic rings. The second-order valence-electron chi connectivity index (χ2n) is 3.29. The standard InChI is InChI=1S/C10H15O2PS2/c1-2-3-6-9-7-4-5-8-10(9)15-13(11,12)14/h4-5,7-8H,2-3,6H2,1H3,(H2,11,12,14). The van der Waals surface area contributed by atoms with Gasteiger partial charge in [0.1, 0.15) is 0 Å². The Kier molecular flexibility index (Phi) is 5.30. The van der Waals surface area contributed by atoms with E-state index in [1.54, 1.807) is 0 Å². The minimum Gasteiger partial charge on any atom is -0.337 e. The highest BCUT2D eigenvalue weighted by Gasteiger charge is 2.12. The zero-order chi connectivity index (χ0) is 11.3. The van der Waals surface area contributed by atoms with Crippen molar-refractivity contribution in [2.75, 3.05) is 0 Å². The Morgan fingerprint density at radius 3 is 2.60 bits per heavy atom. The average molecular weight is 262 g/mol. The van der Waals surface area contributed by atoms with E-state index in [1.165, 1.54) is 0 Å². The molecule has 1 rings (SSSR count). The highest BCUT2D eigenvalue weighted by molar-refractivity contribution is 8.67. The molecule has 0 unspecified atom stereocenters. The summed E-state index contributed by atoms with van der Waals surface area (Å²) in [6, 6.07) is 7.77. The lowest BCUT2D eigenvalue weighted by Crippen LogP contribution is -1.87. The van der Waals surface area contributed by atoms with Gasteiger partial charge in [-0.25, -0.2) is 0 Å². The maximum Gasteiger partial charge on any atom is 0.246 e. The lowest BCUT2D eigenvalue weighted by molar-refractivity contribution is 0.502. The van der Waals surface area contributed by atoms with Gasteiger partial charge in [0, 0.05) is 4.90 Å². The fourth-order valence-electron chi connectivity index (χ4n) is 1.29. The second-order valence-corrected chi connectivity index (χ2v) is 9.19. The summed E-state index contributed by atoms with van der Waals surface area (Å²) in [6.45, 7) is 2.14. The van der Waals surface area contributed by atoms with Crippen molar-refractivity contribution in [3.05, 3.63) is 29.8 Å². The van der Waals surface area contributed by atoms with Crippen LogP contribution in [0.3, 0.4) is 0 Å². The Labute approximate surface area is 99.6 Å². The van der Waals surface area contributed by atoms with Crippen LogP contribution in [0.2, 0.25) is 0 Å². The SMILES string of the molecule is CCCCc1ccccc1SP(O)(O)=S. The van der Waals surface area contributed by atoms with Gasteiger partial charge in [-0.05, 0) is 47.7 Å². The predicted octanol–water partition coefficient (Wildman–Crippen LogP) is 3.33. The van der Waals surface area contributed by atoms with E-state index in [0.717, 1.165) is 41.1 Å². The van der Waals surface area contributed by atoms with Crippen LogP contribution in [0.25, 0.3) is 0 Å². The molecule has 0 fully saturated rings. The summed E-state index contributed by atoms with van der Waals surface area (Å²) in [4.78, 5) is 19.4. The van der Waals surface area contributed by atoms with E-state index < -0.39 is 5.69 Å². The van der Waals surface area contributed by atoms with E-state index in [4.69, 9.17) is 0 Å². The molecule has 5 heteroatoms. The van der Waals surface area contributed by atoms with Crippen LogP contribution in [0.5, 0.6) is 0 Å². The first kappa shape index (κ1) is 13.2. The number of unbranched alkanes of at least 4 members (excludes halogenated alkanes) is 1. The molecule has 0 saturated carbocycles. The van der Waals surface area contributed by atoms with Gasteiger partial charge in [-0.15, -0.1) is 0 Å². The molecule has 1 aromatic carbocycles. The zero-order valence-electron chi connectivity index (χ0n) is 8.59. The third kappa shape index (κ3) is 5.14. The van der Waals surface area contributed by atoms with Crippen LogP contribution < -0.4 is 0 Å². The van der Waals surface area contributed by atoms with Crippen molar-refractivity contribution in [2.24, 2.45) is 0 Å². The summed E-state index contributed by atoms with van der Waals surface area (Å²) >= 11 is 5.64. The third-order valence-corrected chi connectivity index (χ3v) is 4.80. The highest BCUT2D eigenvalue weighted by atomic mass is 32.9. The van der Waals surface area contributed by atoms with E-state index in [9.17, 15) is 9.79 Å². The molecule has 15 heavy (non-hydrogen) atoms. The predicted molar refractivity (Wildman–Crippen MR) is 69.6 cm³/mol. The molecule has 0 saturated heterocycles. The molecule has 0 aliphatic rings. The van der Waals surface area contributed by atoms with Gasteiger partial charge in [0.15, 0.2) is 0 Å². The maximum absolute atomic E-state index is 9.27. The minimum atomic E-state index is -3.20. The van der Waals surface area contributed by atoms with E-state index >= 15 is 0 Å². The molecular formula is C10H15O2PS2. The monoisotopic (exact) mass is 262 g/mol. The summed E-state index contributed by atoms with van der Waals surface area (Å²) in [5.74, 6) is 0. The first-order chi connectivity index (χ1) is 7.03. The maximum atomic E-state index is 9.27. The first-order valence-corrected chi connectivity index (χ1v) is 8.99. The number of rotatable bonds is 5. The molecule has 0 aliphatic carbocycles. The Balaban J connectivity index is 2.81. The average Bonchev–Trinajstić information content (AvgIpc) is 2.14. The fourth-order valence-corrected chi connectivity index (χ4v) is 4.00. The smallest absolute Gasteiger partial charge is 0.246 e. The number of hydrogen-bond acceptors (Lipinski definition) is 2. The van der Waals surface area contributed by atoms with Crippen molar-refractivity contribution < 1.29 is 9.79 Å². The Bertz CT molecular complexity index is 362. The van der Waals surface area contributed by atoms with Crippen molar-refractivity contribution in [3.8, 4) is 0 Å². The number of benzene rings is 1. The summed E-state index contributed by atoms with van der Waals surface area (Å²) in [5, 5.41) is 0. The summed E-state index contributed by atoms with van der Waals surface area (Å²) in [7, 11) is 0. The van der Waals surface area contributed by atoms with Gasteiger partial charge in [-0.1, -0.05) is 31.5 Å². The van der Waals surface area contributed by atoms with Crippen LogP contribution in [-0.2, 0) is 18.2 Å². The van der Waals surface area contributed by atoms with Crippen molar-refractivity contribution in [1.29, 1.82) is 0 Å². The highest BCUT2D eigenvalue weighted by Crippen LogP contribution is 2.55. The topological polar surface area (TPSA) is 40.5 Å². The van der Waals surface area contributed by atoms with Crippen LogP contribution in [0.4, 0.5) is 0 Å². The molecule has 0 heterocycles. The molecule has 0 aromatic heterocycles. The quantitative estimate of drug-likeness (QED) is 0.799. The van der Waals surface area contributed by atoms with E-state index in [1.807, 2.05) is 24.3 Å². The summed E-state index contributed by atoms with van der Waals surface area (Å²) in [5.41, 5.74) is -2.04. The van der Waals surface area contributed by atoms with Gasteiger partial charge in [0.05, 0.1) is 0 Å². The van der Waals surface area contributed by atoms with Crippen LogP contribution in [0.15, 0.2) is 29.2 Å². The van der Waals surface area contributed by atoms with Crippen LogP contribution >= 0.6 is 17.1 Å². The number of hydrogen-bond donors (Lipinski definition) is 2. The van der Waals surface area contributed by atoms with E-state index in [0.29, 0.717) is 0 Å². The van der Waals surface area contributed by atoms with Crippen LogP contribution in [-0.4, -0.2) is 9.79 Å². The molecular weight excluding hydrogens is 247 g/mol. The van der Waals surface area contributed by atoms with Crippen molar-refractivity contribution in [2.45, 2.75) is 31.1 Å². The summed E-state index contributed by atoms with van der Waals surface area (Å²) in [6.07, 6.45) is 3.21. The lowest BCUT2D eigenvalue weighted by Gasteiger charge is -2.11. The van der Waals surface area contributed by atoms with Crippen molar-refractivity contribution in [3.63, 3.8) is 0 Å². The molecule has 0 atom stereocenters. The van der Waals surface area contributed by atoms with Crippen LogP contribution in [0, 0.1) is 0 Å². The molecule has 2 nitrogen and oxygen atoms in total.